The summed E-state index contributed by atoms with van der Waals surface area (Å²) >= 11 is 0. The molecule has 1 heterocycles. The molecule has 2 amide bonds. The van der Waals surface area contributed by atoms with Crippen molar-refractivity contribution in [3.05, 3.63) is 0 Å². The molecule has 0 N–H and O–H groups in total. The number of rotatable bonds is 6. The van der Waals surface area contributed by atoms with Crippen LogP contribution in [0.3, 0.4) is 0 Å². The number of hydrogen-bond acceptors (Lipinski definition) is 6. The number of imide groups is 1. The predicted octanol–water partition coefficient (Wildman–Crippen LogP) is 0.425. The average Bonchev–Trinajstić information content (AvgIpc) is 2.59. The third-order valence-electron chi connectivity index (χ3n) is 2.18. The molecular weight excluding hydrogens is 254 g/mol. The van der Waals surface area contributed by atoms with Crippen molar-refractivity contribution in [2.24, 2.45) is 0 Å². The van der Waals surface area contributed by atoms with Gasteiger partial charge in [0.1, 0.15) is 6.61 Å². The fourth-order valence-electron chi connectivity index (χ4n) is 1.35. The van der Waals surface area contributed by atoms with Gasteiger partial charge in [0.2, 0.25) is 0 Å². The first-order valence-corrected chi connectivity index (χ1v) is 6.08. The lowest BCUT2D eigenvalue weighted by Crippen LogP contribution is -2.33. The maximum Gasteiger partial charge on any atom is 0.358 e. The van der Waals surface area contributed by atoms with Gasteiger partial charge >= 0.3 is 5.97 Å². The molecule has 0 aliphatic carbocycles. The molecule has 1 aliphatic heterocycles. The van der Waals surface area contributed by atoms with Gasteiger partial charge in [-0.1, -0.05) is 0 Å². The summed E-state index contributed by atoms with van der Waals surface area (Å²) in [5, 5.41) is 0.497. The van der Waals surface area contributed by atoms with Gasteiger partial charge in [-0.2, -0.15) is 0 Å². The molecule has 0 bridgehead atoms. The summed E-state index contributed by atoms with van der Waals surface area (Å²) in [6.45, 7) is 5.97. The van der Waals surface area contributed by atoms with Gasteiger partial charge in [-0.05, 0) is 20.8 Å². The van der Waals surface area contributed by atoms with E-state index in [-0.39, 0.29) is 31.7 Å². The van der Waals surface area contributed by atoms with Gasteiger partial charge in [-0.25, -0.2) is 4.79 Å². The number of hydroxylamine groups is 2. The van der Waals surface area contributed by atoms with Crippen molar-refractivity contribution in [2.75, 3.05) is 19.8 Å². The monoisotopic (exact) mass is 273 g/mol. The third kappa shape index (κ3) is 5.80. The van der Waals surface area contributed by atoms with E-state index >= 15 is 0 Å². The van der Waals surface area contributed by atoms with Gasteiger partial charge in [0.05, 0.1) is 18.8 Å². The zero-order valence-electron chi connectivity index (χ0n) is 11.4. The van der Waals surface area contributed by atoms with E-state index in [0.717, 1.165) is 0 Å². The molecule has 1 aliphatic rings. The lowest BCUT2D eigenvalue weighted by atomic mass is 10.2. The van der Waals surface area contributed by atoms with Gasteiger partial charge in [-0.15, -0.1) is 5.06 Å². The molecule has 1 fully saturated rings. The van der Waals surface area contributed by atoms with E-state index in [1.54, 1.807) is 0 Å². The Bertz CT molecular complexity index is 344. The topological polar surface area (TPSA) is 82.1 Å². The maximum atomic E-state index is 11.3. The quantitative estimate of drug-likeness (QED) is 0.515. The van der Waals surface area contributed by atoms with Crippen LogP contribution in [0.4, 0.5) is 0 Å². The molecule has 0 atom stereocenters. The lowest BCUT2D eigenvalue weighted by Gasteiger charge is -2.19. The highest BCUT2D eigenvalue weighted by atomic mass is 16.7. The first-order chi connectivity index (χ1) is 8.79. The Morgan fingerprint density at radius 2 is 1.74 bits per heavy atom. The predicted molar refractivity (Wildman–Crippen MR) is 63.7 cm³/mol. The van der Waals surface area contributed by atoms with E-state index in [2.05, 4.69) is 4.84 Å². The van der Waals surface area contributed by atoms with Crippen molar-refractivity contribution >= 4 is 17.8 Å². The second-order valence-electron chi connectivity index (χ2n) is 5.06. The first kappa shape index (κ1) is 15.6. The molecule has 1 saturated heterocycles. The van der Waals surface area contributed by atoms with Crippen LogP contribution in [0.15, 0.2) is 0 Å². The maximum absolute atomic E-state index is 11.3. The molecule has 7 heteroatoms. The van der Waals surface area contributed by atoms with Crippen LogP contribution in [0, 0.1) is 0 Å². The smallest absolute Gasteiger partial charge is 0.358 e. The van der Waals surface area contributed by atoms with E-state index < -0.39 is 17.8 Å². The Morgan fingerprint density at radius 1 is 1.16 bits per heavy atom. The van der Waals surface area contributed by atoms with Crippen LogP contribution in [-0.4, -0.2) is 48.3 Å². The number of hydrogen-bond donors (Lipinski definition) is 0. The second kappa shape index (κ2) is 6.63. The highest BCUT2D eigenvalue weighted by molar-refractivity contribution is 6.01. The van der Waals surface area contributed by atoms with E-state index in [4.69, 9.17) is 9.47 Å². The minimum atomic E-state index is -0.778. The molecular formula is C12H19NO6. The van der Waals surface area contributed by atoms with Crippen LogP contribution >= 0.6 is 0 Å². The van der Waals surface area contributed by atoms with Crippen LogP contribution in [0.2, 0.25) is 0 Å². The van der Waals surface area contributed by atoms with Crippen molar-refractivity contribution in [3.8, 4) is 0 Å². The molecule has 0 spiro atoms. The van der Waals surface area contributed by atoms with E-state index in [1.807, 2.05) is 20.8 Å². The Balaban J connectivity index is 2.15. The van der Waals surface area contributed by atoms with Crippen LogP contribution in [-0.2, 0) is 28.7 Å². The molecule has 108 valence electrons. The van der Waals surface area contributed by atoms with Crippen molar-refractivity contribution in [1.82, 2.24) is 5.06 Å². The van der Waals surface area contributed by atoms with Gasteiger partial charge in [0, 0.05) is 12.8 Å². The van der Waals surface area contributed by atoms with Crippen LogP contribution < -0.4 is 0 Å². The van der Waals surface area contributed by atoms with Crippen LogP contribution in [0.25, 0.3) is 0 Å². The number of carbonyl (C=O) groups is 3. The van der Waals surface area contributed by atoms with Gasteiger partial charge in [-0.3, -0.25) is 9.59 Å². The Labute approximate surface area is 111 Å². The first-order valence-electron chi connectivity index (χ1n) is 6.08. The average molecular weight is 273 g/mol. The SMILES string of the molecule is CC(C)(C)OCCOCC(=O)ON1C(=O)CCC1=O. The zero-order valence-corrected chi connectivity index (χ0v) is 11.4. The summed E-state index contributed by atoms with van der Waals surface area (Å²) in [5.74, 6) is -1.79. The Hall–Kier alpha value is -1.47. The van der Waals surface area contributed by atoms with Crippen molar-refractivity contribution in [3.63, 3.8) is 0 Å². The molecule has 0 aromatic carbocycles. The summed E-state index contributed by atoms with van der Waals surface area (Å²) in [6.07, 6.45) is 0.152. The molecule has 7 nitrogen and oxygen atoms in total. The minimum Gasteiger partial charge on any atom is -0.373 e. The minimum absolute atomic E-state index is 0.0758. The summed E-state index contributed by atoms with van der Waals surface area (Å²) in [6, 6.07) is 0. The normalized spacial score (nSPS) is 16.1. The molecule has 0 unspecified atom stereocenters. The van der Waals surface area contributed by atoms with E-state index in [1.165, 1.54) is 0 Å². The largest absolute Gasteiger partial charge is 0.373 e. The van der Waals surface area contributed by atoms with Crippen LogP contribution in [0.1, 0.15) is 33.6 Å². The Kier molecular flexibility index (Phi) is 5.44. The molecule has 0 aromatic rings. The van der Waals surface area contributed by atoms with E-state index in [9.17, 15) is 14.4 Å². The van der Waals surface area contributed by atoms with Gasteiger partial charge in [0.15, 0.2) is 0 Å². The zero-order chi connectivity index (χ0) is 14.5. The molecule has 0 saturated carbocycles. The number of amides is 2. The lowest BCUT2D eigenvalue weighted by molar-refractivity contribution is -0.200. The highest BCUT2D eigenvalue weighted by Gasteiger charge is 2.32. The summed E-state index contributed by atoms with van der Waals surface area (Å²) in [7, 11) is 0. The summed E-state index contributed by atoms with van der Waals surface area (Å²) in [4.78, 5) is 38.3. The Morgan fingerprint density at radius 3 is 2.26 bits per heavy atom. The molecule has 1 rings (SSSR count). The number of carbonyl (C=O) groups excluding carboxylic acids is 3. The van der Waals surface area contributed by atoms with E-state index in [0.29, 0.717) is 11.7 Å². The van der Waals surface area contributed by atoms with Crippen molar-refractivity contribution in [2.45, 2.75) is 39.2 Å². The van der Waals surface area contributed by atoms with Gasteiger partial charge in [0.25, 0.3) is 11.8 Å². The summed E-state index contributed by atoms with van der Waals surface area (Å²) in [5.41, 5.74) is -0.266. The van der Waals surface area contributed by atoms with Crippen LogP contribution in [0.5, 0.6) is 0 Å². The highest BCUT2D eigenvalue weighted by Crippen LogP contribution is 2.12. The fourth-order valence-corrected chi connectivity index (χ4v) is 1.35. The van der Waals surface area contributed by atoms with Crippen molar-refractivity contribution < 1.29 is 28.7 Å². The fraction of sp³-hybridized carbons (Fsp3) is 0.750. The number of ether oxygens (including phenoxy) is 2. The standard InChI is InChI=1S/C12H19NO6/c1-12(2,3)18-7-6-17-8-11(16)19-13-9(14)4-5-10(13)15/h4-8H2,1-3H3. The molecule has 19 heavy (non-hydrogen) atoms. The third-order valence-corrected chi connectivity index (χ3v) is 2.18. The number of nitrogens with zero attached hydrogens (tertiary/aromatic N) is 1. The molecule has 0 radical (unpaired) electrons. The summed E-state index contributed by atoms with van der Waals surface area (Å²) < 4.78 is 10.4. The van der Waals surface area contributed by atoms with Crippen molar-refractivity contribution in [1.29, 1.82) is 0 Å². The van der Waals surface area contributed by atoms with Gasteiger partial charge < -0.3 is 14.3 Å². The second-order valence-corrected chi connectivity index (χ2v) is 5.06. The molecule has 0 aromatic heterocycles.